The van der Waals surface area contributed by atoms with Gasteiger partial charge in [-0.2, -0.15) is 10.4 Å². The van der Waals surface area contributed by atoms with E-state index in [1.54, 1.807) is 9.58 Å². The van der Waals surface area contributed by atoms with Crippen molar-refractivity contribution < 1.29 is 4.79 Å². The number of benzene rings is 1. The van der Waals surface area contributed by atoms with E-state index in [-0.39, 0.29) is 11.8 Å². The summed E-state index contributed by atoms with van der Waals surface area (Å²) in [7, 11) is 0. The molecule has 0 saturated carbocycles. The molecule has 2 aromatic rings. The zero-order chi connectivity index (χ0) is 15.7. The van der Waals surface area contributed by atoms with Crippen molar-refractivity contribution in [1.29, 1.82) is 5.26 Å². The third-order valence-corrected chi connectivity index (χ3v) is 4.58. The Bertz CT molecular complexity index is 750. The average Bonchev–Trinajstić information content (AvgIpc) is 3.10. The van der Waals surface area contributed by atoms with Crippen LogP contribution in [0.25, 0.3) is 5.69 Å². The molecule has 1 amide bonds. The summed E-state index contributed by atoms with van der Waals surface area (Å²) in [4.78, 5) is 13.9. The highest BCUT2D eigenvalue weighted by Gasteiger charge is 2.34. The number of amides is 1. The lowest BCUT2D eigenvalue weighted by Crippen LogP contribution is -2.28. The number of hydrogen-bond donors (Lipinski definition) is 0. The molecule has 1 unspecified atom stereocenters. The smallest absolute Gasteiger partial charge is 0.228 e. The second-order valence-corrected chi connectivity index (χ2v) is 6.33. The van der Waals surface area contributed by atoms with Crippen LogP contribution in [0.4, 0.5) is 5.82 Å². The van der Waals surface area contributed by atoms with Crippen molar-refractivity contribution in [3.8, 4) is 11.8 Å². The summed E-state index contributed by atoms with van der Waals surface area (Å²) in [6.07, 6.45) is 1.89. The van der Waals surface area contributed by atoms with Crippen LogP contribution in [0.15, 0.2) is 34.9 Å². The zero-order valence-corrected chi connectivity index (χ0v) is 13.9. The Hall–Kier alpha value is -1.84. The first-order chi connectivity index (χ1) is 10.6. The summed E-state index contributed by atoms with van der Waals surface area (Å²) in [5.74, 6) is 1.02. The van der Waals surface area contributed by atoms with Crippen molar-refractivity contribution in [2.45, 2.75) is 6.42 Å². The van der Waals surface area contributed by atoms with Crippen LogP contribution in [0.1, 0.15) is 12.0 Å². The maximum Gasteiger partial charge on any atom is 0.228 e. The number of hydrogen-bond acceptors (Lipinski definition) is 3. The lowest BCUT2D eigenvalue weighted by Gasteiger charge is -2.18. The zero-order valence-electron chi connectivity index (χ0n) is 11.5. The molecule has 112 valence electrons. The lowest BCUT2D eigenvalue weighted by molar-refractivity contribution is -0.117. The van der Waals surface area contributed by atoms with Gasteiger partial charge in [-0.25, -0.2) is 4.68 Å². The first kappa shape index (κ1) is 15.1. The fraction of sp³-hybridized carbons (Fsp3) is 0.267. The molecule has 0 N–H and O–H groups in total. The van der Waals surface area contributed by atoms with Crippen molar-refractivity contribution in [3.05, 3.63) is 40.5 Å². The number of carbonyl (C=O) groups excluding carboxylic acids is 1. The summed E-state index contributed by atoms with van der Waals surface area (Å²) >= 11 is 9.26. The number of rotatable bonds is 3. The fourth-order valence-corrected chi connectivity index (χ4v) is 3.01. The Morgan fingerprint density at radius 1 is 1.41 bits per heavy atom. The van der Waals surface area contributed by atoms with E-state index in [9.17, 15) is 10.1 Å². The van der Waals surface area contributed by atoms with Gasteiger partial charge in [-0.1, -0.05) is 15.9 Å². The fourth-order valence-electron chi connectivity index (χ4n) is 2.54. The van der Waals surface area contributed by atoms with E-state index in [4.69, 9.17) is 11.6 Å². The number of carbonyl (C=O) groups is 1. The van der Waals surface area contributed by atoms with Crippen LogP contribution in [-0.4, -0.2) is 28.1 Å². The van der Waals surface area contributed by atoms with Gasteiger partial charge in [0.05, 0.1) is 11.9 Å². The Kier molecular flexibility index (Phi) is 4.19. The van der Waals surface area contributed by atoms with Gasteiger partial charge in [0.2, 0.25) is 5.91 Å². The second-order valence-electron chi connectivity index (χ2n) is 5.11. The maximum atomic E-state index is 12.3. The second kappa shape index (κ2) is 6.11. The molecule has 22 heavy (non-hydrogen) atoms. The Morgan fingerprint density at radius 3 is 2.73 bits per heavy atom. The van der Waals surface area contributed by atoms with Crippen molar-refractivity contribution in [1.82, 2.24) is 9.78 Å². The van der Waals surface area contributed by atoms with E-state index in [0.717, 1.165) is 10.2 Å². The van der Waals surface area contributed by atoms with Crippen molar-refractivity contribution in [2.24, 2.45) is 5.92 Å². The monoisotopic (exact) mass is 378 g/mol. The predicted octanol–water partition coefficient (Wildman–Crippen LogP) is 3.10. The molecule has 2 heterocycles. The minimum absolute atomic E-state index is 0.0268. The van der Waals surface area contributed by atoms with Crippen molar-refractivity contribution in [3.63, 3.8) is 0 Å². The third kappa shape index (κ3) is 2.62. The quantitative estimate of drug-likeness (QED) is 0.770. The number of nitrogens with zero attached hydrogens (tertiary/aromatic N) is 4. The first-order valence-corrected chi connectivity index (χ1v) is 8.07. The van der Waals surface area contributed by atoms with E-state index in [1.165, 1.54) is 6.20 Å². The lowest BCUT2D eigenvalue weighted by atomic mass is 10.1. The molecule has 3 rings (SSSR count). The number of aromatic nitrogens is 2. The molecule has 1 aliphatic heterocycles. The molecule has 7 heteroatoms. The van der Waals surface area contributed by atoms with E-state index < -0.39 is 0 Å². The van der Waals surface area contributed by atoms with E-state index in [2.05, 4.69) is 27.1 Å². The highest BCUT2D eigenvalue weighted by atomic mass is 79.9. The molecule has 1 atom stereocenters. The minimum Gasteiger partial charge on any atom is -0.295 e. The molecule has 1 saturated heterocycles. The first-order valence-electron chi connectivity index (χ1n) is 6.74. The Balaban J connectivity index is 2.07. The molecule has 1 aromatic carbocycles. The number of halogens is 2. The van der Waals surface area contributed by atoms with E-state index in [0.29, 0.717) is 30.2 Å². The molecule has 0 aliphatic carbocycles. The highest BCUT2D eigenvalue weighted by molar-refractivity contribution is 9.10. The van der Waals surface area contributed by atoms with E-state index in [1.807, 2.05) is 24.3 Å². The van der Waals surface area contributed by atoms with Gasteiger partial charge >= 0.3 is 0 Å². The maximum absolute atomic E-state index is 12.3. The van der Waals surface area contributed by atoms with Gasteiger partial charge in [-0.15, -0.1) is 11.6 Å². The summed E-state index contributed by atoms with van der Waals surface area (Å²) in [5.41, 5.74) is 1.17. The molecule has 0 spiro atoms. The van der Waals surface area contributed by atoms with Crippen LogP contribution >= 0.6 is 27.5 Å². The molecular weight excluding hydrogens is 368 g/mol. The Labute approximate surface area is 141 Å². The minimum atomic E-state index is -0.0268. The van der Waals surface area contributed by atoms with Gasteiger partial charge < -0.3 is 0 Å². The summed E-state index contributed by atoms with van der Waals surface area (Å²) in [6, 6.07) is 9.64. The van der Waals surface area contributed by atoms with Crippen LogP contribution in [-0.2, 0) is 4.79 Å². The van der Waals surface area contributed by atoms with Crippen molar-refractivity contribution in [2.75, 3.05) is 17.3 Å². The van der Waals surface area contributed by atoms with E-state index >= 15 is 0 Å². The van der Waals surface area contributed by atoms with Gasteiger partial charge in [0, 0.05) is 23.3 Å². The molecule has 5 nitrogen and oxygen atoms in total. The normalized spacial score (nSPS) is 17.8. The molecule has 0 radical (unpaired) electrons. The van der Waals surface area contributed by atoms with Crippen LogP contribution in [0.5, 0.6) is 0 Å². The van der Waals surface area contributed by atoms with Gasteiger partial charge in [0.15, 0.2) is 5.82 Å². The topological polar surface area (TPSA) is 61.9 Å². The SMILES string of the molecule is N#Cc1cnn(-c2ccc(Br)cc2)c1N1CC(CCl)CC1=O. The average molecular weight is 380 g/mol. The van der Waals surface area contributed by atoms with Crippen LogP contribution < -0.4 is 4.90 Å². The predicted molar refractivity (Wildman–Crippen MR) is 87.2 cm³/mol. The third-order valence-electron chi connectivity index (χ3n) is 3.61. The van der Waals surface area contributed by atoms with Crippen LogP contribution in [0, 0.1) is 17.2 Å². The molecule has 1 aliphatic rings. The summed E-state index contributed by atoms with van der Waals surface area (Å²) < 4.78 is 2.57. The standard InChI is InChI=1S/C15H12BrClN4O/c16-12-1-3-13(4-2-12)21-15(11(7-18)8-19-21)20-9-10(6-17)5-14(20)22/h1-4,8,10H,5-6,9H2. The van der Waals surface area contributed by atoms with Crippen LogP contribution in [0.3, 0.4) is 0 Å². The molecule has 1 aromatic heterocycles. The number of nitriles is 1. The van der Waals surface area contributed by atoms with Crippen LogP contribution in [0.2, 0.25) is 0 Å². The van der Waals surface area contributed by atoms with Gasteiger partial charge in [0.1, 0.15) is 11.6 Å². The molecule has 1 fully saturated rings. The largest absolute Gasteiger partial charge is 0.295 e. The molecule has 0 bridgehead atoms. The van der Waals surface area contributed by atoms with Gasteiger partial charge in [-0.05, 0) is 30.2 Å². The number of anilines is 1. The summed E-state index contributed by atoms with van der Waals surface area (Å²) in [5, 5.41) is 13.6. The molecular formula is C15H12BrClN4O. The van der Waals surface area contributed by atoms with Gasteiger partial charge in [0.25, 0.3) is 0 Å². The van der Waals surface area contributed by atoms with Gasteiger partial charge in [-0.3, -0.25) is 9.69 Å². The van der Waals surface area contributed by atoms with Crippen molar-refractivity contribution >= 4 is 39.3 Å². The number of alkyl halides is 1. The Morgan fingerprint density at radius 2 is 2.14 bits per heavy atom. The summed E-state index contributed by atoms with van der Waals surface area (Å²) in [6.45, 7) is 0.513. The highest BCUT2D eigenvalue weighted by Crippen LogP contribution is 2.30.